The predicted molar refractivity (Wildman–Crippen MR) is 137 cm³/mol. The highest BCUT2D eigenvalue weighted by Crippen LogP contribution is 2.20. The van der Waals surface area contributed by atoms with E-state index in [9.17, 15) is 8.78 Å². The number of anilines is 1. The number of halogens is 3. The van der Waals surface area contributed by atoms with Gasteiger partial charge in [0.25, 0.3) is 0 Å². The second-order valence-electron chi connectivity index (χ2n) is 7.34. The maximum Gasteiger partial charge on any atom is 0.387 e. The van der Waals surface area contributed by atoms with Gasteiger partial charge in [-0.2, -0.15) is 8.78 Å². The van der Waals surface area contributed by atoms with Gasteiger partial charge in [0.2, 0.25) is 5.95 Å². The quantitative estimate of drug-likeness (QED) is 0.195. The van der Waals surface area contributed by atoms with Crippen LogP contribution in [0.3, 0.4) is 0 Å². The van der Waals surface area contributed by atoms with Gasteiger partial charge in [0.1, 0.15) is 5.75 Å². The van der Waals surface area contributed by atoms with Crippen LogP contribution >= 0.6 is 24.0 Å². The van der Waals surface area contributed by atoms with Crippen molar-refractivity contribution in [1.82, 2.24) is 25.5 Å². The maximum absolute atomic E-state index is 12.6. The van der Waals surface area contributed by atoms with E-state index >= 15 is 0 Å². The Hall–Kier alpha value is -2.28. The molecule has 0 aliphatic carbocycles. The molecular formula is C22H32F2IN7O. The summed E-state index contributed by atoms with van der Waals surface area (Å²) in [6.45, 7) is 5.65. The number of benzene rings is 1. The molecule has 0 saturated carbocycles. The summed E-state index contributed by atoms with van der Waals surface area (Å²) in [5, 5.41) is 6.51. The van der Waals surface area contributed by atoms with E-state index in [0.29, 0.717) is 18.1 Å². The summed E-state index contributed by atoms with van der Waals surface area (Å²) in [4.78, 5) is 17.8. The highest BCUT2D eigenvalue weighted by molar-refractivity contribution is 14.0. The van der Waals surface area contributed by atoms with Crippen LogP contribution < -0.4 is 20.3 Å². The molecule has 1 aromatic carbocycles. The molecule has 8 nitrogen and oxygen atoms in total. The van der Waals surface area contributed by atoms with Crippen molar-refractivity contribution in [1.29, 1.82) is 0 Å². The van der Waals surface area contributed by atoms with Crippen molar-refractivity contribution in [2.75, 3.05) is 50.7 Å². The molecule has 0 atom stereocenters. The topological polar surface area (TPSA) is 77.9 Å². The first kappa shape index (κ1) is 27.0. The summed E-state index contributed by atoms with van der Waals surface area (Å²) in [6, 6.07) is 8.55. The van der Waals surface area contributed by atoms with Crippen LogP contribution in [0.1, 0.15) is 18.9 Å². The zero-order chi connectivity index (χ0) is 22.6. The third-order valence-electron chi connectivity index (χ3n) is 5.09. The van der Waals surface area contributed by atoms with Crippen molar-refractivity contribution in [3.05, 3.63) is 48.3 Å². The molecule has 33 heavy (non-hydrogen) atoms. The van der Waals surface area contributed by atoms with Gasteiger partial charge in [-0.25, -0.2) is 15.0 Å². The third-order valence-corrected chi connectivity index (χ3v) is 5.09. The molecule has 0 unspecified atom stereocenters. The van der Waals surface area contributed by atoms with Crippen LogP contribution in [-0.2, 0) is 6.54 Å². The van der Waals surface area contributed by atoms with Gasteiger partial charge in [-0.3, -0.25) is 4.90 Å². The lowest BCUT2D eigenvalue weighted by Crippen LogP contribution is -2.47. The number of alkyl halides is 2. The zero-order valence-electron chi connectivity index (χ0n) is 18.8. The molecule has 1 aromatic heterocycles. The number of nitrogens with one attached hydrogen (secondary N) is 2. The van der Waals surface area contributed by atoms with E-state index in [1.54, 1.807) is 30.6 Å². The van der Waals surface area contributed by atoms with Crippen LogP contribution in [-0.4, -0.2) is 73.3 Å². The predicted octanol–water partition coefficient (Wildman–Crippen LogP) is 2.96. The van der Waals surface area contributed by atoms with Crippen molar-refractivity contribution in [3.63, 3.8) is 0 Å². The summed E-state index contributed by atoms with van der Waals surface area (Å²) in [5.74, 6) is 1.60. The van der Waals surface area contributed by atoms with E-state index in [1.165, 1.54) is 6.07 Å². The van der Waals surface area contributed by atoms with Crippen molar-refractivity contribution < 1.29 is 13.5 Å². The average Bonchev–Trinajstić information content (AvgIpc) is 2.81. The van der Waals surface area contributed by atoms with E-state index in [2.05, 4.69) is 40.1 Å². The zero-order valence-corrected chi connectivity index (χ0v) is 21.1. The molecule has 3 rings (SSSR count). The van der Waals surface area contributed by atoms with Crippen molar-refractivity contribution in [3.8, 4) is 5.75 Å². The average molecular weight is 575 g/mol. The van der Waals surface area contributed by atoms with Crippen LogP contribution in [0.15, 0.2) is 47.7 Å². The fourth-order valence-corrected chi connectivity index (χ4v) is 3.49. The molecule has 1 fully saturated rings. The molecule has 182 valence electrons. The highest BCUT2D eigenvalue weighted by Gasteiger charge is 2.18. The SMILES string of the molecule is CCNC(=NCc1ccccc1OC(F)F)NCCCN1CCN(c2ncccn2)CC1.I. The number of piperazine rings is 1. The second kappa shape index (κ2) is 14.8. The van der Waals surface area contributed by atoms with E-state index < -0.39 is 6.61 Å². The van der Waals surface area contributed by atoms with Crippen LogP contribution in [0.2, 0.25) is 0 Å². The van der Waals surface area contributed by atoms with Crippen LogP contribution in [0.25, 0.3) is 0 Å². The molecule has 11 heteroatoms. The molecule has 2 heterocycles. The molecule has 2 aromatic rings. The van der Waals surface area contributed by atoms with Crippen molar-refractivity contribution in [2.24, 2.45) is 4.99 Å². The Balaban J connectivity index is 0.00000385. The summed E-state index contributed by atoms with van der Waals surface area (Å²) in [7, 11) is 0. The van der Waals surface area contributed by atoms with Crippen molar-refractivity contribution >= 4 is 35.9 Å². The van der Waals surface area contributed by atoms with E-state index in [1.807, 2.05) is 13.0 Å². The molecule has 2 N–H and O–H groups in total. The number of hydrogen-bond donors (Lipinski definition) is 2. The molecule has 1 aliphatic heterocycles. The normalized spacial score (nSPS) is 14.7. The lowest BCUT2D eigenvalue weighted by Gasteiger charge is -2.34. The smallest absolute Gasteiger partial charge is 0.387 e. The Morgan fingerprint density at radius 1 is 1.09 bits per heavy atom. The summed E-state index contributed by atoms with van der Waals surface area (Å²) >= 11 is 0. The Morgan fingerprint density at radius 2 is 1.82 bits per heavy atom. The second-order valence-corrected chi connectivity index (χ2v) is 7.34. The number of rotatable bonds is 10. The minimum absolute atomic E-state index is 0. The summed E-state index contributed by atoms with van der Waals surface area (Å²) < 4.78 is 29.8. The Labute approximate surface area is 210 Å². The van der Waals surface area contributed by atoms with Gasteiger partial charge in [0.15, 0.2) is 5.96 Å². The molecule has 0 amide bonds. The van der Waals surface area contributed by atoms with Gasteiger partial charge >= 0.3 is 6.61 Å². The van der Waals surface area contributed by atoms with Crippen molar-refractivity contribution in [2.45, 2.75) is 26.5 Å². The van der Waals surface area contributed by atoms with Gasteiger partial charge in [0, 0.05) is 57.2 Å². The number of ether oxygens (including phenoxy) is 1. The highest BCUT2D eigenvalue weighted by atomic mass is 127. The first-order valence-corrected chi connectivity index (χ1v) is 10.9. The minimum Gasteiger partial charge on any atom is -0.434 e. The Kier molecular flexibility index (Phi) is 12.1. The number of hydrogen-bond acceptors (Lipinski definition) is 6. The fraction of sp³-hybridized carbons (Fsp3) is 0.500. The van der Waals surface area contributed by atoms with Gasteiger partial charge < -0.3 is 20.3 Å². The molecule has 0 bridgehead atoms. The van der Waals surface area contributed by atoms with Gasteiger partial charge in [0.05, 0.1) is 6.54 Å². The van der Waals surface area contributed by atoms with Crippen LogP contribution in [0, 0.1) is 0 Å². The molecule has 0 spiro atoms. The number of para-hydroxylation sites is 1. The van der Waals surface area contributed by atoms with E-state index in [-0.39, 0.29) is 36.3 Å². The molecule has 0 radical (unpaired) electrons. The fourth-order valence-electron chi connectivity index (χ4n) is 3.49. The lowest BCUT2D eigenvalue weighted by molar-refractivity contribution is -0.0504. The minimum atomic E-state index is -2.85. The van der Waals surface area contributed by atoms with Gasteiger partial charge in [-0.15, -0.1) is 24.0 Å². The summed E-state index contributed by atoms with van der Waals surface area (Å²) in [5.41, 5.74) is 0.616. The Morgan fingerprint density at radius 3 is 2.52 bits per heavy atom. The molecule has 1 aliphatic rings. The molecular weight excluding hydrogens is 543 g/mol. The Bertz CT molecular complexity index is 837. The van der Waals surface area contributed by atoms with Crippen LogP contribution in [0.4, 0.5) is 14.7 Å². The largest absolute Gasteiger partial charge is 0.434 e. The van der Waals surface area contributed by atoms with E-state index in [4.69, 9.17) is 0 Å². The van der Waals surface area contributed by atoms with E-state index in [0.717, 1.165) is 51.6 Å². The number of aromatic nitrogens is 2. The van der Waals surface area contributed by atoms with Crippen LogP contribution in [0.5, 0.6) is 5.75 Å². The third kappa shape index (κ3) is 9.24. The molecule has 1 saturated heterocycles. The first-order valence-electron chi connectivity index (χ1n) is 10.9. The van der Waals surface area contributed by atoms with Gasteiger partial charge in [-0.05, 0) is 32.0 Å². The summed E-state index contributed by atoms with van der Waals surface area (Å²) in [6.07, 6.45) is 4.51. The number of nitrogens with zero attached hydrogens (tertiary/aromatic N) is 5. The number of guanidine groups is 1. The first-order chi connectivity index (χ1) is 15.7. The standard InChI is InChI=1S/C22H31F2N7O.HI/c1-2-25-21(29-17-18-7-3-4-8-19(18)32-20(23)24)26-11-6-12-30-13-15-31(16-14-30)22-27-9-5-10-28-22;/h3-5,7-10,20H,2,6,11-17H2,1H3,(H2,25,26,29);1H. The lowest BCUT2D eigenvalue weighted by atomic mass is 10.2. The maximum atomic E-state index is 12.6. The number of aliphatic imine (C=N–C) groups is 1. The van der Waals surface area contributed by atoms with Gasteiger partial charge in [-0.1, -0.05) is 18.2 Å². The monoisotopic (exact) mass is 575 g/mol.